The van der Waals surface area contributed by atoms with Crippen LogP contribution in [0.2, 0.25) is 0 Å². The summed E-state index contributed by atoms with van der Waals surface area (Å²) in [5.41, 5.74) is 0. The van der Waals surface area contributed by atoms with E-state index in [9.17, 15) is 19.4 Å². The van der Waals surface area contributed by atoms with Crippen LogP contribution in [-0.4, -0.2) is 68.5 Å². The van der Waals surface area contributed by atoms with Gasteiger partial charge in [-0.2, -0.15) is 0 Å². The van der Waals surface area contributed by atoms with E-state index in [4.69, 9.17) is 9.05 Å². The zero-order chi connectivity index (χ0) is 37.2. The Morgan fingerprint density at radius 1 is 0.620 bits per heavy atom. The van der Waals surface area contributed by atoms with Crippen molar-refractivity contribution in [2.45, 2.75) is 219 Å². The highest BCUT2D eigenvalue weighted by molar-refractivity contribution is 7.45. The molecule has 0 saturated heterocycles. The summed E-state index contributed by atoms with van der Waals surface area (Å²) in [5, 5.41) is 13.8. The molecule has 0 fully saturated rings. The molecule has 0 aromatic rings. The second-order valence-corrected chi connectivity index (χ2v) is 17.5. The lowest BCUT2D eigenvalue weighted by molar-refractivity contribution is -0.870. The molecule has 0 saturated carbocycles. The third kappa shape index (κ3) is 35.9. The molecule has 0 rings (SSSR count). The fraction of sp³-hybridized carbons (Fsp3) is 0.976. The smallest absolute Gasteiger partial charge is 0.268 e. The highest BCUT2D eigenvalue weighted by Crippen LogP contribution is 2.38. The van der Waals surface area contributed by atoms with E-state index >= 15 is 0 Å². The van der Waals surface area contributed by atoms with E-state index in [2.05, 4.69) is 19.2 Å². The number of phosphoric ester groups is 1. The molecule has 0 aromatic carbocycles. The third-order valence-corrected chi connectivity index (χ3v) is 10.8. The number of carbonyl (C=O) groups excluding carboxylic acids is 1. The maximum atomic E-state index is 12.8. The van der Waals surface area contributed by atoms with E-state index in [-0.39, 0.29) is 19.1 Å². The standard InChI is InChI=1S/C41H85N2O6P/c1-6-8-10-12-14-15-16-17-18-19-20-21-22-23-24-25-26-27-29-31-33-35-41(45)42-39(40(44)34-32-30-28-13-11-9-7-2)38-49-50(46,47)48-37-36-43(3,4)5/h39-40,44H,6-38H2,1-5H3,(H-,42,45,46,47). The third-order valence-electron chi connectivity index (χ3n) is 9.85. The van der Waals surface area contributed by atoms with E-state index in [0.29, 0.717) is 23.9 Å². The topological polar surface area (TPSA) is 108 Å². The molecule has 50 heavy (non-hydrogen) atoms. The highest BCUT2D eigenvalue weighted by Gasteiger charge is 2.24. The molecule has 3 unspecified atom stereocenters. The Hall–Kier alpha value is -0.500. The molecule has 0 aliphatic heterocycles. The SMILES string of the molecule is CCCCCCCCCCCCCCCCCCCCCCCC(=O)NC(COP(=O)([O-])OCC[N+](C)(C)C)C(O)CCCCCCCCC. The Morgan fingerprint density at radius 2 is 0.980 bits per heavy atom. The largest absolute Gasteiger partial charge is 0.756 e. The monoisotopic (exact) mass is 733 g/mol. The number of likely N-dealkylation sites (N-methyl/N-ethyl adjacent to an activating group) is 1. The summed E-state index contributed by atoms with van der Waals surface area (Å²) in [6.45, 7) is 4.68. The Bertz CT molecular complexity index is 794. The number of phosphoric acid groups is 1. The van der Waals surface area contributed by atoms with E-state index in [0.717, 1.165) is 38.5 Å². The number of hydrogen-bond acceptors (Lipinski definition) is 6. The molecule has 2 N–H and O–H groups in total. The molecule has 1 amide bonds. The van der Waals surface area contributed by atoms with Crippen molar-refractivity contribution in [3.8, 4) is 0 Å². The second-order valence-electron chi connectivity index (χ2n) is 16.1. The predicted molar refractivity (Wildman–Crippen MR) is 210 cm³/mol. The van der Waals surface area contributed by atoms with Crippen LogP contribution in [0.4, 0.5) is 0 Å². The molecular formula is C41H85N2O6P. The molecule has 8 nitrogen and oxygen atoms in total. The van der Waals surface area contributed by atoms with E-state index in [1.54, 1.807) is 0 Å². The van der Waals surface area contributed by atoms with Gasteiger partial charge in [-0.05, 0) is 12.8 Å². The van der Waals surface area contributed by atoms with Crippen LogP contribution in [-0.2, 0) is 18.4 Å². The molecular weight excluding hydrogens is 647 g/mol. The lowest BCUT2D eigenvalue weighted by Crippen LogP contribution is -2.46. The summed E-state index contributed by atoms with van der Waals surface area (Å²) in [4.78, 5) is 25.2. The van der Waals surface area contributed by atoms with Crippen LogP contribution in [0.1, 0.15) is 206 Å². The maximum absolute atomic E-state index is 12.8. The summed E-state index contributed by atoms with van der Waals surface area (Å²) in [7, 11) is 1.31. The summed E-state index contributed by atoms with van der Waals surface area (Å²) >= 11 is 0. The first-order valence-electron chi connectivity index (χ1n) is 21.4. The summed E-state index contributed by atoms with van der Waals surface area (Å²) < 4.78 is 23.1. The molecule has 0 heterocycles. The van der Waals surface area contributed by atoms with Crippen LogP contribution in [0, 0.1) is 0 Å². The van der Waals surface area contributed by atoms with Crippen molar-refractivity contribution < 1.29 is 32.9 Å². The van der Waals surface area contributed by atoms with Gasteiger partial charge in [0, 0.05) is 6.42 Å². The molecule has 0 radical (unpaired) electrons. The Balaban J connectivity index is 4.11. The van der Waals surface area contributed by atoms with E-state index in [1.807, 2.05) is 21.1 Å². The van der Waals surface area contributed by atoms with E-state index in [1.165, 1.54) is 141 Å². The number of rotatable bonds is 39. The fourth-order valence-electron chi connectivity index (χ4n) is 6.39. The van der Waals surface area contributed by atoms with Gasteiger partial charge in [0.05, 0.1) is 39.9 Å². The zero-order valence-corrected chi connectivity index (χ0v) is 34.8. The van der Waals surface area contributed by atoms with Gasteiger partial charge in [-0.15, -0.1) is 0 Å². The molecule has 0 spiro atoms. The van der Waals surface area contributed by atoms with Gasteiger partial charge in [0.1, 0.15) is 13.2 Å². The average molecular weight is 733 g/mol. The van der Waals surface area contributed by atoms with Gasteiger partial charge >= 0.3 is 0 Å². The minimum Gasteiger partial charge on any atom is -0.756 e. The van der Waals surface area contributed by atoms with Gasteiger partial charge in [-0.25, -0.2) is 0 Å². The van der Waals surface area contributed by atoms with Crippen LogP contribution in [0.15, 0.2) is 0 Å². The van der Waals surface area contributed by atoms with Crippen molar-refractivity contribution in [1.82, 2.24) is 5.32 Å². The number of unbranched alkanes of at least 4 members (excludes halogenated alkanes) is 26. The molecule has 9 heteroatoms. The van der Waals surface area contributed by atoms with Gasteiger partial charge in [0.2, 0.25) is 5.91 Å². The van der Waals surface area contributed by atoms with Crippen molar-refractivity contribution in [3.05, 3.63) is 0 Å². The van der Waals surface area contributed by atoms with Crippen molar-refractivity contribution in [3.63, 3.8) is 0 Å². The van der Waals surface area contributed by atoms with Gasteiger partial charge < -0.3 is 28.8 Å². The number of aliphatic hydroxyl groups excluding tert-OH is 1. The lowest BCUT2D eigenvalue weighted by Gasteiger charge is -2.30. The summed E-state index contributed by atoms with van der Waals surface area (Å²) in [6.07, 6.45) is 35.6. The number of amides is 1. The molecule has 0 aliphatic carbocycles. The molecule has 0 aromatic heterocycles. The van der Waals surface area contributed by atoms with Crippen LogP contribution >= 0.6 is 7.82 Å². The minimum absolute atomic E-state index is 0.0152. The first kappa shape index (κ1) is 49.5. The van der Waals surface area contributed by atoms with Crippen molar-refractivity contribution in [2.24, 2.45) is 0 Å². The van der Waals surface area contributed by atoms with Crippen LogP contribution in [0.25, 0.3) is 0 Å². The second kappa shape index (κ2) is 34.3. The normalized spacial score (nSPS) is 14.5. The number of carbonyl (C=O) groups is 1. The van der Waals surface area contributed by atoms with Crippen LogP contribution < -0.4 is 10.2 Å². The Kier molecular flexibility index (Phi) is 33.9. The first-order valence-corrected chi connectivity index (χ1v) is 22.8. The van der Waals surface area contributed by atoms with Crippen LogP contribution in [0.3, 0.4) is 0 Å². The summed E-state index contributed by atoms with van der Waals surface area (Å²) in [6, 6.07) is -0.790. The Labute approximate surface area is 310 Å². The molecule has 300 valence electrons. The Morgan fingerprint density at radius 3 is 1.36 bits per heavy atom. The van der Waals surface area contributed by atoms with Crippen molar-refractivity contribution in [2.75, 3.05) is 40.9 Å². The van der Waals surface area contributed by atoms with Gasteiger partial charge in [-0.1, -0.05) is 187 Å². The summed E-state index contributed by atoms with van der Waals surface area (Å²) in [5.74, 6) is -0.165. The average Bonchev–Trinajstić information content (AvgIpc) is 3.06. The van der Waals surface area contributed by atoms with Gasteiger partial charge in [-0.3, -0.25) is 9.36 Å². The minimum atomic E-state index is -4.54. The number of nitrogens with zero attached hydrogens (tertiary/aromatic N) is 1. The van der Waals surface area contributed by atoms with Crippen LogP contribution in [0.5, 0.6) is 0 Å². The quantitative estimate of drug-likeness (QED) is 0.0370. The first-order chi connectivity index (χ1) is 24.0. The molecule has 0 bridgehead atoms. The van der Waals surface area contributed by atoms with E-state index < -0.39 is 20.0 Å². The number of nitrogens with one attached hydrogen (secondary N) is 1. The predicted octanol–water partition coefficient (Wildman–Crippen LogP) is 10.8. The molecule has 3 atom stereocenters. The van der Waals surface area contributed by atoms with Crippen molar-refractivity contribution >= 4 is 13.7 Å². The maximum Gasteiger partial charge on any atom is 0.268 e. The molecule has 0 aliphatic rings. The number of hydrogen-bond donors (Lipinski definition) is 2. The lowest BCUT2D eigenvalue weighted by atomic mass is 10.0. The number of aliphatic hydroxyl groups is 1. The highest BCUT2D eigenvalue weighted by atomic mass is 31.2. The van der Waals surface area contributed by atoms with Gasteiger partial charge in [0.25, 0.3) is 7.82 Å². The number of quaternary nitrogens is 1. The van der Waals surface area contributed by atoms with Crippen molar-refractivity contribution in [1.29, 1.82) is 0 Å². The zero-order valence-electron chi connectivity index (χ0n) is 33.9. The van der Waals surface area contributed by atoms with Gasteiger partial charge in [0.15, 0.2) is 0 Å². The fourth-order valence-corrected chi connectivity index (χ4v) is 7.12.